The van der Waals surface area contributed by atoms with Crippen LogP contribution in [0.2, 0.25) is 0 Å². The third kappa shape index (κ3) is 12.7. The van der Waals surface area contributed by atoms with E-state index < -0.39 is 0 Å². The lowest BCUT2D eigenvalue weighted by atomic mass is 9.78. The van der Waals surface area contributed by atoms with Crippen LogP contribution in [0.3, 0.4) is 0 Å². The molecule has 4 aromatic rings. The Morgan fingerprint density at radius 1 is 0.483 bits per heavy atom. The van der Waals surface area contributed by atoms with Gasteiger partial charge in [0.1, 0.15) is 49.4 Å². The first-order valence-corrected chi connectivity index (χ1v) is 20.8. The number of benzene rings is 4. The highest BCUT2D eigenvalue weighted by Gasteiger charge is 2.29. The highest BCUT2D eigenvalue weighted by atomic mass is 16.5. The largest absolute Gasteiger partial charge is 0.491 e. The van der Waals surface area contributed by atoms with Crippen molar-refractivity contribution in [1.29, 1.82) is 0 Å². The number of hydrogen-bond acceptors (Lipinski definition) is 8. The van der Waals surface area contributed by atoms with E-state index in [0.717, 1.165) is 68.4 Å². The molecule has 58 heavy (non-hydrogen) atoms. The van der Waals surface area contributed by atoms with Gasteiger partial charge in [-0.2, -0.15) is 0 Å². The monoisotopic (exact) mass is 801 g/mol. The maximum Gasteiger partial charge on any atom is 0.126 e. The summed E-state index contributed by atoms with van der Waals surface area (Å²) < 4.78 is 24.0. The molecular weight excluding hydrogens is 729 g/mol. The molecule has 0 bridgehead atoms. The van der Waals surface area contributed by atoms with Crippen LogP contribution in [0.1, 0.15) is 128 Å². The molecule has 4 rings (SSSR count). The van der Waals surface area contributed by atoms with Crippen molar-refractivity contribution in [2.45, 2.75) is 120 Å². The minimum atomic E-state index is -0.0791. The van der Waals surface area contributed by atoms with E-state index in [1.807, 2.05) is 13.8 Å². The zero-order chi connectivity index (χ0) is 43.4. The fourth-order valence-electron chi connectivity index (χ4n) is 7.53. The number of ether oxygens (including phenoxy) is 4. The predicted octanol–water partition coefficient (Wildman–Crippen LogP) is 9.44. The van der Waals surface area contributed by atoms with Gasteiger partial charge in [0.05, 0.1) is 26.4 Å². The SMILES string of the molecule is CCC(C)(C)c1cc(C)cc(C(C)c2cc(C)cc(C)c2OCCO)c1OCCO.Cc1cc(C)c(OCCO)c(Cc2cc(C)cc(C(C)(C)C)c2OCCO)c1. The first-order chi connectivity index (χ1) is 27.3. The molecule has 8 heteroatoms. The quantitative estimate of drug-likeness (QED) is 0.0787. The van der Waals surface area contributed by atoms with E-state index in [1.54, 1.807) is 0 Å². The maximum absolute atomic E-state index is 9.42. The van der Waals surface area contributed by atoms with Gasteiger partial charge in [0.2, 0.25) is 0 Å². The molecule has 4 N–H and O–H groups in total. The summed E-state index contributed by atoms with van der Waals surface area (Å²) in [5.74, 6) is 3.39. The predicted molar refractivity (Wildman–Crippen MR) is 237 cm³/mol. The van der Waals surface area contributed by atoms with Crippen LogP contribution < -0.4 is 18.9 Å². The molecule has 4 aromatic carbocycles. The molecule has 0 amide bonds. The first-order valence-electron chi connectivity index (χ1n) is 20.8. The maximum atomic E-state index is 9.42. The van der Waals surface area contributed by atoms with Gasteiger partial charge < -0.3 is 39.4 Å². The summed E-state index contributed by atoms with van der Waals surface area (Å²) >= 11 is 0. The second-order valence-electron chi connectivity index (χ2n) is 17.3. The second kappa shape index (κ2) is 21.8. The fourth-order valence-corrected chi connectivity index (χ4v) is 7.53. The Kier molecular flexibility index (Phi) is 18.1. The molecule has 0 aromatic heterocycles. The van der Waals surface area contributed by atoms with Gasteiger partial charge >= 0.3 is 0 Å². The van der Waals surface area contributed by atoms with E-state index in [4.69, 9.17) is 18.9 Å². The van der Waals surface area contributed by atoms with E-state index in [-0.39, 0.29) is 69.6 Å². The van der Waals surface area contributed by atoms with Crippen LogP contribution in [0.25, 0.3) is 0 Å². The molecule has 0 saturated carbocycles. The van der Waals surface area contributed by atoms with Gasteiger partial charge in [-0.15, -0.1) is 0 Å². The Bertz CT molecular complexity index is 1940. The van der Waals surface area contributed by atoms with E-state index in [9.17, 15) is 20.4 Å². The zero-order valence-electron chi connectivity index (χ0n) is 37.7. The van der Waals surface area contributed by atoms with Crippen molar-refractivity contribution in [2.24, 2.45) is 0 Å². The molecule has 1 atom stereocenters. The van der Waals surface area contributed by atoms with Gasteiger partial charge in [-0.25, -0.2) is 0 Å². The van der Waals surface area contributed by atoms with Gasteiger partial charge in [0.15, 0.2) is 0 Å². The van der Waals surface area contributed by atoms with E-state index in [1.165, 1.54) is 27.8 Å². The summed E-state index contributed by atoms with van der Waals surface area (Å²) in [5, 5.41) is 37.2. The average molecular weight is 801 g/mol. The number of aryl methyl sites for hydroxylation is 6. The summed E-state index contributed by atoms with van der Waals surface area (Å²) in [4.78, 5) is 0. The highest BCUT2D eigenvalue weighted by Crippen LogP contribution is 2.44. The Morgan fingerprint density at radius 3 is 1.36 bits per heavy atom. The smallest absolute Gasteiger partial charge is 0.126 e. The van der Waals surface area contributed by atoms with Gasteiger partial charge in [0.25, 0.3) is 0 Å². The molecule has 0 aliphatic rings. The topological polar surface area (TPSA) is 118 Å². The number of aliphatic hydroxyl groups excluding tert-OH is 4. The van der Waals surface area contributed by atoms with Crippen molar-refractivity contribution >= 4 is 0 Å². The third-order valence-electron chi connectivity index (χ3n) is 10.6. The van der Waals surface area contributed by atoms with E-state index in [2.05, 4.69) is 125 Å². The van der Waals surface area contributed by atoms with E-state index >= 15 is 0 Å². The second-order valence-corrected chi connectivity index (χ2v) is 17.3. The summed E-state index contributed by atoms with van der Waals surface area (Å²) in [7, 11) is 0. The standard InChI is InChI=1S/C26H38O4.C24H34O4/c1-8-26(6,7)23-16-18(3)15-22(25(23)30-12-10-28)20(5)21-14-17(2)13-19(4)24(21)29-11-9-27;1-16-11-18(3)22(27-9-7-25)19(12-16)15-20-13-17(2)14-21(24(4,5)6)23(20)28-10-8-26/h13-16,20,27-28H,8-12H2,1-7H3;11-14,25-26H,7-10,15H2,1-6H3. The molecule has 0 heterocycles. The van der Waals surface area contributed by atoms with Crippen molar-refractivity contribution in [3.05, 3.63) is 115 Å². The normalized spacial score (nSPS) is 12.2. The van der Waals surface area contributed by atoms with Crippen LogP contribution >= 0.6 is 0 Å². The Hall–Kier alpha value is -4.08. The van der Waals surface area contributed by atoms with Crippen molar-refractivity contribution in [2.75, 3.05) is 52.9 Å². The summed E-state index contributed by atoms with van der Waals surface area (Å²) in [6.07, 6.45) is 1.64. The van der Waals surface area contributed by atoms with Gasteiger partial charge in [-0.05, 0) is 81.0 Å². The van der Waals surface area contributed by atoms with Crippen LogP contribution in [0.15, 0.2) is 48.5 Å². The van der Waals surface area contributed by atoms with Crippen LogP contribution in [0.5, 0.6) is 23.0 Å². The van der Waals surface area contributed by atoms with Crippen molar-refractivity contribution in [3.63, 3.8) is 0 Å². The number of rotatable bonds is 18. The zero-order valence-corrected chi connectivity index (χ0v) is 37.7. The van der Waals surface area contributed by atoms with Gasteiger partial charge in [-0.1, -0.05) is 119 Å². The summed E-state index contributed by atoms with van der Waals surface area (Å²) in [6.45, 7) is 28.7. The van der Waals surface area contributed by atoms with Crippen LogP contribution in [-0.4, -0.2) is 73.3 Å². The minimum Gasteiger partial charge on any atom is -0.491 e. The Balaban J connectivity index is 0.000000311. The molecule has 0 aliphatic carbocycles. The van der Waals surface area contributed by atoms with Crippen LogP contribution in [-0.2, 0) is 17.3 Å². The van der Waals surface area contributed by atoms with Crippen LogP contribution in [0, 0.1) is 41.5 Å². The highest BCUT2D eigenvalue weighted by molar-refractivity contribution is 5.56. The third-order valence-corrected chi connectivity index (χ3v) is 10.6. The Labute approximate surface area is 349 Å². The summed E-state index contributed by atoms with van der Waals surface area (Å²) in [5.41, 5.74) is 13.3. The summed E-state index contributed by atoms with van der Waals surface area (Å²) in [6, 6.07) is 17.2. The first kappa shape index (κ1) is 48.3. The molecule has 0 radical (unpaired) electrons. The number of hydrogen-bond donors (Lipinski definition) is 4. The number of aliphatic hydroxyl groups is 4. The van der Waals surface area contributed by atoms with Gasteiger partial charge in [-0.3, -0.25) is 0 Å². The molecule has 0 fully saturated rings. The molecule has 0 aliphatic heterocycles. The average Bonchev–Trinajstić information content (AvgIpc) is 3.15. The van der Waals surface area contributed by atoms with Crippen molar-refractivity contribution in [3.8, 4) is 23.0 Å². The minimum absolute atomic E-state index is 0.0176. The molecular formula is C50H72O8. The van der Waals surface area contributed by atoms with Crippen molar-refractivity contribution < 1.29 is 39.4 Å². The molecule has 8 nitrogen and oxygen atoms in total. The molecule has 0 spiro atoms. The Morgan fingerprint density at radius 2 is 0.862 bits per heavy atom. The van der Waals surface area contributed by atoms with Crippen molar-refractivity contribution in [1.82, 2.24) is 0 Å². The van der Waals surface area contributed by atoms with Crippen LogP contribution in [0.4, 0.5) is 0 Å². The van der Waals surface area contributed by atoms with E-state index in [0.29, 0.717) is 6.42 Å². The molecule has 0 saturated heterocycles. The lowest BCUT2D eigenvalue weighted by Gasteiger charge is -2.30. The van der Waals surface area contributed by atoms with Gasteiger partial charge in [0, 0.05) is 34.6 Å². The lowest BCUT2D eigenvalue weighted by Crippen LogP contribution is -2.20. The molecule has 1 unspecified atom stereocenters. The lowest BCUT2D eigenvalue weighted by molar-refractivity contribution is 0.196. The fraction of sp³-hybridized carbons (Fsp3) is 0.520. The molecule has 320 valence electrons.